The van der Waals surface area contributed by atoms with E-state index < -0.39 is 9.84 Å². The van der Waals surface area contributed by atoms with Crippen molar-refractivity contribution in [3.8, 4) is 0 Å². The molecule has 0 spiro atoms. The van der Waals surface area contributed by atoms with Crippen molar-refractivity contribution in [3.05, 3.63) is 34.2 Å². The highest BCUT2D eigenvalue weighted by atomic mass is 35.5. The van der Waals surface area contributed by atoms with Crippen molar-refractivity contribution in [2.45, 2.75) is 4.90 Å². The van der Waals surface area contributed by atoms with E-state index in [0.29, 0.717) is 16.3 Å². The third kappa shape index (κ3) is 1.47. The number of hydrogen-bond donors (Lipinski definition) is 1. The molecule has 1 aromatic rings. The highest BCUT2D eigenvalue weighted by molar-refractivity contribution is 7.95. The monoisotopic (exact) mass is 246 g/mol. The lowest BCUT2D eigenvalue weighted by atomic mass is 10.1. The van der Waals surface area contributed by atoms with Gasteiger partial charge in [-0.25, -0.2) is 8.42 Å². The summed E-state index contributed by atoms with van der Waals surface area (Å²) in [5, 5.41) is 1.68. The Morgan fingerprint density at radius 1 is 1.36 bits per heavy atom. The molecule has 5 heteroatoms. The van der Waals surface area contributed by atoms with E-state index in [4.69, 9.17) is 11.6 Å². The van der Waals surface area contributed by atoms with Gasteiger partial charge in [0.2, 0.25) is 9.84 Å². The molecule has 0 fully saturated rings. The van der Waals surface area contributed by atoms with Gasteiger partial charge in [-0.2, -0.15) is 12.6 Å². The van der Waals surface area contributed by atoms with E-state index in [1.807, 2.05) is 0 Å². The number of rotatable bonds is 1. The molecule has 74 valence electrons. The molecule has 1 aliphatic rings. The lowest BCUT2D eigenvalue weighted by Gasteiger charge is -2.01. The van der Waals surface area contributed by atoms with Crippen LogP contribution < -0.4 is 0 Å². The molecular weight excluding hydrogens is 240 g/mol. The van der Waals surface area contributed by atoms with E-state index in [2.05, 4.69) is 12.6 Å². The molecule has 0 aromatic heterocycles. The quantitative estimate of drug-likeness (QED) is 0.773. The molecule has 0 unspecified atom stereocenters. The summed E-state index contributed by atoms with van der Waals surface area (Å²) >= 11 is 9.81. The maximum atomic E-state index is 11.6. The second kappa shape index (κ2) is 3.29. The lowest BCUT2D eigenvalue weighted by molar-refractivity contribution is 0.605. The second-order valence-electron chi connectivity index (χ2n) is 2.99. The van der Waals surface area contributed by atoms with Crippen LogP contribution in [0.3, 0.4) is 0 Å². The predicted molar refractivity (Wildman–Crippen MR) is 60.5 cm³/mol. The summed E-state index contributed by atoms with van der Waals surface area (Å²) in [4.78, 5) is 0.286. The zero-order valence-electron chi connectivity index (χ0n) is 7.07. The van der Waals surface area contributed by atoms with E-state index in [-0.39, 0.29) is 4.90 Å². The first kappa shape index (κ1) is 10.1. The fourth-order valence-electron chi connectivity index (χ4n) is 1.43. The Balaban J connectivity index is 2.75. The Morgan fingerprint density at radius 2 is 2.07 bits per heavy atom. The van der Waals surface area contributed by atoms with E-state index >= 15 is 0 Å². The normalized spacial score (nSPS) is 17.7. The van der Waals surface area contributed by atoms with Gasteiger partial charge < -0.3 is 0 Å². The van der Waals surface area contributed by atoms with Crippen LogP contribution in [0, 0.1) is 0 Å². The highest BCUT2D eigenvalue weighted by Gasteiger charge is 2.25. The van der Waals surface area contributed by atoms with Crippen LogP contribution in [-0.4, -0.2) is 14.2 Å². The summed E-state index contributed by atoms with van der Waals surface area (Å²) in [6.07, 6.45) is 0. The maximum absolute atomic E-state index is 11.6. The van der Waals surface area contributed by atoms with Gasteiger partial charge in [0.1, 0.15) is 0 Å². The van der Waals surface area contributed by atoms with E-state index in [0.717, 1.165) is 5.57 Å². The molecule has 0 saturated carbocycles. The molecular formula is C9H7ClO2S2. The largest absolute Gasteiger partial charge is 0.219 e. The summed E-state index contributed by atoms with van der Waals surface area (Å²) in [6.45, 7) is 0. The first-order chi connectivity index (χ1) is 6.54. The maximum Gasteiger partial charge on any atom is 0.200 e. The number of fused-ring (bicyclic) bond motifs is 1. The smallest absolute Gasteiger partial charge is 0.200 e. The molecule has 0 amide bonds. The molecule has 2 rings (SSSR count). The van der Waals surface area contributed by atoms with Crippen LogP contribution in [-0.2, 0) is 9.84 Å². The van der Waals surface area contributed by atoms with Crippen molar-refractivity contribution in [3.63, 3.8) is 0 Å². The van der Waals surface area contributed by atoms with Gasteiger partial charge in [-0.1, -0.05) is 17.7 Å². The minimum absolute atomic E-state index is 0.286. The Kier molecular flexibility index (Phi) is 2.37. The van der Waals surface area contributed by atoms with Crippen LogP contribution in [0.2, 0.25) is 5.02 Å². The van der Waals surface area contributed by atoms with Crippen molar-refractivity contribution in [1.82, 2.24) is 0 Å². The van der Waals surface area contributed by atoms with E-state index in [1.165, 1.54) is 11.5 Å². The molecule has 0 atom stereocenters. The molecule has 1 aliphatic heterocycles. The molecule has 2 nitrogen and oxygen atoms in total. The summed E-state index contributed by atoms with van der Waals surface area (Å²) in [6, 6.07) is 4.86. The van der Waals surface area contributed by atoms with Crippen molar-refractivity contribution in [2.24, 2.45) is 0 Å². The van der Waals surface area contributed by atoms with Crippen molar-refractivity contribution in [1.29, 1.82) is 0 Å². The predicted octanol–water partition coefficient (Wildman–Crippen LogP) is 2.40. The number of benzene rings is 1. The van der Waals surface area contributed by atoms with Gasteiger partial charge in [-0.15, -0.1) is 0 Å². The number of sulfone groups is 1. The van der Waals surface area contributed by atoms with Gasteiger partial charge in [0.15, 0.2) is 0 Å². The van der Waals surface area contributed by atoms with E-state index in [9.17, 15) is 8.42 Å². The standard InChI is InChI=1S/C9H7ClO2S2/c10-7-1-2-8-6(4-13)5-14(11,12)9(8)3-7/h1-3,5,13H,4H2. The van der Waals surface area contributed by atoms with Crippen LogP contribution in [0.5, 0.6) is 0 Å². The van der Waals surface area contributed by atoms with Crippen molar-refractivity contribution in [2.75, 3.05) is 5.75 Å². The first-order valence-corrected chi connectivity index (χ1v) is 6.47. The SMILES string of the molecule is O=S1(=O)C=C(CS)c2ccc(Cl)cc21. The molecule has 1 aromatic carbocycles. The molecule has 0 aliphatic carbocycles. The van der Waals surface area contributed by atoms with Crippen LogP contribution in [0.15, 0.2) is 28.5 Å². The molecule has 1 heterocycles. The Labute approximate surface area is 92.9 Å². The number of halogens is 1. The van der Waals surface area contributed by atoms with Gasteiger partial charge in [0.05, 0.1) is 4.90 Å². The first-order valence-electron chi connectivity index (χ1n) is 3.91. The van der Waals surface area contributed by atoms with Crippen molar-refractivity contribution >= 4 is 39.6 Å². The fraction of sp³-hybridized carbons (Fsp3) is 0.111. The lowest BCUT2D eigenvalue weighted by Crippen LogP contribution is -1.92. The average Bonchev–Trinajstić information content (AvgIpc) is 2.38. The highest BCUT2D eigenvalue weighted by Crippen LogP contribution is 2.35. The van der Waals surface area contributed by atoms with Gasteiger partial charge in [0, 0.05) is 16.2 Å². The van der Waals surface area contributed by atoms with Gasteiger partial charge >= 0.3 is 0 Å². The third-order valence-corrected chi connectivity index (χ3v) is 4.19. The summed E-state index contributed by atoms with van der Waals surface area (Å²) in [5.41, 5.74) is 1.43. The molecule has 0 bridgehead atoms. The minimum Gasteiger partial charge on any atom is -0.219 e. The summed E-state index contributed by atoms with van der Waals surface area (Å²) < 4.78 is 23.2. The molecule has 14 heavy (non-hydrogen) atoms. The van der Waals surface area contributed by atoms with Crippen LogP contribution in [0.1, 0.15) is 5.56 Å². The second-order valence-corrected chi connectivity index (χ2v) is 5.50. The molecule has 0 N–H and O–H groups in total. The fourth-order valence-corrected chi connectivity index (χ4v) is 3.56. The van der Waals surface area contributed by atoms with Crippen LogP contribution >= 0.6 is 24.2 Å². The van der Waals surface area contributed by atoms with Gasteiger partial charge in [-0.3, -0.25) is 0 Å². The Bertz CT molecular complexity index is 518. The van der Waals surface area contributed by atoms with Gasteiger partial charge in [0.25, 0.3) is 0 Å². The van der Waals surface area contributed by atoms with Crippen LogP contribution in [0.25, 0.3) is 5.57 Å². The Morgan fingerprint density at radius 3 is 2.71 bits per heavy atom. The van der Waals surface area contributed by atoms with Crippen LogP contribution in [0.4, 0.5) is 0 Å². The van der Waals surface area contributed by atoms with Crippen molar-refractivity contribution < 1.29 is 8.42 Å². The molecule has 0 saturated heterocycles. The zero-order chi connectivity index (χ0) is 10.3. The average molecular weight is 247 g/mol. The molecule has 0 radical (unpaired) electrons. The Hall–Kier alpha value is -0.450. The van der Waals surface area contributed by atoms with Gasteiger partial charge in [-0.05, 0) is 23.3 Å². The number of hydrogen-bond acceptors (Lipinski definition) is 3. The minimum atomic E-state index is -3.28. The summed E-state index contributed by atoms with van der Waals surface area (Å²) in [7, 11) is -3.28. The number of thiol groups is 1. The summed E-state index contributed by atoms with van der Waals surface area (Å²) in [5.74, 6) is 0.411. The zero-order valence-corrected chi connectivity index (χ0v) is 9.53. The van der Waals surface area contributed by atoms with E-state index in [1.54, 1.807) is 12.1 Å². The topological polar surface area (TPSA) is 34.1 Å². The third-order valence-electron chi connectivity index (χ3n) is 2.06.